The summed E-state index contributed by atoms with van der Waals surface area (Å²) in [6.45, 7) is 2.00. The van der Waals surface area contributed by atoms with Gasteiger partial charge < -0.3 is 0 Å². The molecule has 2 rings (SSSR count). The summed E-state index contributed by atoms with van der Waals surface area (Å²) in [4.78, 5) is 11.8. The standard InChI is InChI=1S/C15H13IN2O/c1-11-5-2-3-6-13(11)10-17-18-15(19)12-7-4-8-14(16)9-12/h2-10H,1H3,(H,18,19)/b17-10-. The third-order valence-corrected chi connectivity index (χ3v) is 3.32. The van der Waals surface area contributed by atoms with Crippen LogP contribution in [0, 0.1) is 10.5 Å². The molecule has 0 unspecified atom stereocenters. The monoisotopic (exact) mass is 364 g/mol. The lowest BCUT2D eigenvalue weighted by atomic mass is 10.1. The average molecular weight is 364 g/mol. The molecule has 0 aromatic heterocycles. The molecule has 0 atom stereocenters. The maximum atomic E-state index is 11.8. The first-order valence-corrected chi connectivity index (χ1v) is 6.89. The molecular weight excluding hydrogens is 351 g/mol. The van der Waals surface area contributed by atoms with Crippen molar-refractivity contribution in [1.29, 1.82) is 0 Å². The van der Waals surface area contributed by atoms with Gasteiger partial charge in [0, 0.05) is 9.13 Å². The number of amides is 1. The Labute approximate surface area is 125 Å². The van der Waals surface area contributed by atoms with Gasteiger partial charge in [-0.05, 0) is 58.8 Å². The zero-order valence-corrected chi connectivity index (χ0v) is 12.6. The smallest absolute Gasteiger partial charge is 0.267 e. The van der Waals surface area contributed by atoms with Crippen molar-refractivity contribution in [3.63, 3.8) is 0 Å². The van der Waals surface area contributed by atoms with Gasteiger partial charge in [0.2, 0.25) is 0 Å². The van der Waals surface area contributed by atoms with Crippen LogP contribution in [0.2, 0.25) is 0 Å². The molecule has 0 bridgehead atoms. The number of hydrazone groups is 1. The highest BCUT2D eigenvalue weighted by molar-refractivity contribution is 14.1. The van der Waals surface area contributed by atoms with Crippen LogP contribution in [0.5, 0.6) is 0 Å². The van der Waals surface area contributed by atoms with Crippen molar-refractivity contribution >= 4 is 34.7 Å². The van der Waals surface area contributed by atoms with Crippen LogP contribution < -0.4 is 5.43 Å². The van der Waals surface area contributed by atoms with E-state index in [1.54, 1.807) is 12.3 Å². The van der Waals surface area contributed by atoms with Crippen LogP contribution in [-0.2, 0) is 0 Å². The van der Waals surface area contributed by atoms with Gasteiger partial charge in [-0.1, -0.05) is 30.3 Å². The first-order chi connectivity index (χ1) is 9.16. The lowest BCUT2D eigenvalue weighted by molar-refractivity contribution is 0.0955. The summed E-state index contributed by atoms with van der Waals surface area (Å²) in [5.74, 6) is -0.205. The Morgan fingerprint density at radius 2 is 2.00 bits per heavy atom. The minimum Gasteiger partial charge on any atom is -0.267 e. The van der Waals surface area contributed by atoms with Crippen molar-refractivity contribution in [3.8, 4) is 0 Å². The molecule has 0 aliphatic heterocycles. The van der Waals surface area contributed by atoms with Gasteiger partial charge in [0.25, 0.3) is 5.91 Å². The Kier molecular flexibility index (Phi) is 4.68. The molecule has 19 heavy (non-hydrogen) atoms. The van der Waals surface area contributed by atoms with Crippen LogP contribution in [0.3, 0.4) is 0 Å². The molecule has 0 saturated carbocycles. The topological polar surface area (TPSA) is 41.5 Å². The van der Waals surface area contributed by atoms with Gasteiger partial charge >= 0.3 is 0 Å². The Bertz CT molecular complexity index is 623. The van der Waals surface area contributed by atoms with Gasteiger partial charge in [0.1, 0.15) is 0 Å². The minimum absolute atomic E-state index is 0.205. The second kappa shape index (κ2) is 6.47. The van der Waals surface area contributed by atoms with E-state index < -0.39 is 0 Å². The van der Waals surface area contributed by atoms with Crippen LogP contribution >= 0.6 is 22.6 Å². The van der Waals surface area contributed by atoms with Crippen LogP contribution in [0.4, 0.5) is 0 Å². The molecule has 96 valence electrons. The number of benzene rings is 2. The van der Waals surface area contributed by atoms with Crippen LogP contribution in [0.1, 0.15) is 21.5 Å². The Balaban J connectivity index is 2.03. The van der Waals surface area contributed by atoms with E-state index in [0.717, 1.165) is 14.7 Å². The Morgan fingerprint density at radius 3 is 2.74 bits per heavy atom. The number of nitrogens with one attached hydrogen (secondary N) is 1. The largest absolute Gasteiger partial charge is 0.271 e. The Hall–Kier alpha value is -1.69. The van der Waals surface area contributed by atoms with E-state index in [-0.39, 0.29) is 5.91 Å². The van der Waals surface area contributed by atoms with E-state index in [0.29, 0.717) is 5.56 Å². The first-order valence-electron chi connectivity index (χ1n) is 5.81. The molecule has 1 N–H and O–H groups in total. The number of carbonyl (C=O) groups excluding carboxylic acids is 1. The number of rotatable bonds is 3. The molecule has 2 aromatic rings. The molecule has 1 amide bonds. The molecule has 0 fully saturated rings. The lowest BCUT2D eigenvalue weighted by Crippen LogP contribution is -2.17. The van der Waals surface area contributed by atoms with Crippen LogP contribution in [0.25, 0.3) is 0 Å². The van der Waals surface area contributed by atoms with Gasteiger partial charge in [-0.2, -0.15) is 5.10 Å². The molecule has 3 nitrogen and oxygen atoms in total. The zero-order chi connectivity index (χ0) is 13.7. The van der Waals surface area contributed by atoms with Crippen molar-refractivity contribution in [2.75, 3.05) is 0 Å². The molecule has 0 heterocycles. The third-order valence-electron chi connectivity index (χ3n) is 2.64. The maximum absolute atomic E-state index is 11.8. The highest BCUT2D eigenvalue weighted by atomic mass is 127. The molecule has 0 aliphatic rings. The Morgan fingerprint density at radius 1 is 1.21 bits per heavy atom. The van der Waals surface area contributed by atoms with E-state index in [2.05, 4.69) is 33.1 Å². The van der Waals surface area contributed by atoms with Crippen molar-refractivity contribution in [2.45, 2.75) is 6.92 Å². The molecular formula is C15H13IN2O. The summed E-state index contributed by atoms with van der Waals surface area (Å²) in [7, 11) is 0. The summed E-state index contributed by atoms with van der Waals surface area (Å²) in [6.07, 6.45) is 1.65. The number of hydrogen-bond donors (Lipinski definition) is 1. The third kappa shape index (κ3) is 3.89. The van der Waals surface area contributed by atoms with Gasteiger partial charge in [-0.3, -0.25) is 4.79 Å². The normalized spacial score (nSPS) is 10.6. The minimum atomic E-state index is -0.205. The quantitative estimate of drug-likeness (QED) is 0.507. The molecule has 0 saturated heterocycles. The van der Waals surface area contributed by atoms with Gasteiger partial charge in [0.15, 0.2) is 0 Å². The zero-order valence-electron chi connectivity index (χ0n) is 10.4. The fraction of sp³-hybridized carbons (Fsp3) is 0.0667. The van der Waals surface area contributed by atoms with E-state index in [4.69, 9.17) is 0 Å². The van der Waals surface area contributed by atoms with Crippen molar-refractivity contribution in [3.05, 3.63) is 68.8 Å². The number of aryl methyl sites for hydroxylation is 1. The van der Waals surface area contributed by atoms with Crippen LogP contribution in [-0.4, -0.2) is 12.1 Å². The lowest BCUT2D eigenvalue weighted by Gasteiger charge is -2.01. The van der Waals surface area contributed by atoms with E-state index in [9.17, 15) is 4.79 Å². The molecule has 0 radical (unpaired) electrons. The van der Waals surface area contributed by atoms with Gasteiger partial charge in [0.05, 0.1) is 6.21 Å². The molecule has 0 aliphatic carbocycles. The summed E-state index contributed by atoms with van der Waals surface area (Å²) < 4.78 is 1.02. The number of carbonyl (C=O) groups is 1. The summed E-state index contributed by atoms with van der Waals surface area (Å²) in [5.41, 5.74) is 5.25. The predicted octanol–water partition coefficient (Wildman–Crippen LogP) is 3.36. The first kappa shape index (κ1) is 13.7. The highest BCUT2D eigenvalue weighted by Crippen LogP contribution is 2.07. The van der Waals surface area contributed by atoms with E-state index >= 15 is 0 Å². The summed E-state index contributed by atoms with van der Waals surface area (Å²) >= 11 is 2.17. The molecule has 4 heteroatoms. The maximum Gasteiger partial charge on any atom is 0.271 e. The number of halogens is 1. The van der Waals surface area contributed by atoms with Gasteiger partial charge in [-0.15, -0.1) is 0 Å². The van der Waals surface area contributed by atoms with Crippen molar-refractivity contribution < 1.29 is 4.79 Å². The summed E-state index contributed by atoms with van der Waals surface area (Å²) in [5, 5.41) is 3.98. The molecule has 2 aromatic carbocycles. The van der Waals surface area contributed by atoms with E-state index in [1.165, 1.54) is 0 Å². The SMILES string of the molecule is Cc1ccccc1/C=N\NC(=O)c1cccc(I)c1. The second-order valence-corrected chi connectivity index (χ2v) is 5.31. The highest BCUT2D eigenvalue weighted by Gasteiger charge is 2.03. The predicted molar refractivity (Wildman–Crippen MR) is 85.4 cm³/mol. The molecule has 0 spiro atoms. The van der Waals surface area contributed by atoms with Crippen molar-refractivity contribution in [1.82, 2.24) is 5.43 Å². The van der Waals surface area contributed by atoms with Crippen molar-refractivity contribution in [2.24, 2.45) is 5.10 Å². The number of hydrogen-bond acceptors (Lipinski definition) is 2. The van der Waals surface area contributed by atoms with Crippen LogP contribution in [0.15, 0.2) is 53.6 Å². The van der Waals surface area contributed by atoms with Gasteiger partial charge in [-0.25, -0.2) is 5.43 Å². The summed E-state index contributed by atoms with van der Waals surface area (Å²) in [6, 6.07) is 15.2. The average Bonchev–Trinajstić information content (AvgIpc) is 2.41. The number of nitrogens with zero attached hydrogens (tertiary/aromatic N) is 1. The fourth-order valence-corrected chi connectivity index (χ4v) is 2.13. The second-order valence-electron chi connectivity index (χ2n) is 4.07. The van der Waals surface area contributed by atoms with E-state index in [1.807, 2.05) is 49.4 Å². The fourth-order valence-electron chi connectivity index (χ4n) is 1.59.